The Kier molecular flexibility index (Phi) is 2.43. The maximum absolute atomic E-state index is 5.59. The average Bonchev–Trinajstić information content (AvgIpc) is 2.54. The van der Waals surface area contributed by atoms with Crippen molar-refractivity contribution in [2.24, 2.45) is 5.73 Å². The number of hydrogen-bond acceptors (Lipinski definition) is 2. The van der Waals surface area contributed by atoms with Crippen molar-refractivity contribution in [2.45, 2.75) is 19.4 Å². The van der Waals surface area contributed by atoms with Gasteiger partial charge in [-0.3, -0.25) is 0 Å². The predicted molar refractivity (Wildman–Crippen MR) is 56.2 cm³/mol. The third-order valence-electron chi connectivity index (χ3n) is 2.23. The molecule has 14 heavy (non-hydrogen) atoms. The topological polar surface area (TPSA) is 35.2 Å². The van der Waals surface area contributed by atoms with Gasteiger partial charge in [0.25, 0.3) is 0 Å². The molecule has 0 saturated carbocycles. The van der Waals surface area contributed by atoms with Gasteiger partial charge in [0, 0.05) is 12.0 Å². The van der Waals surface area contributed by atoms with Crippen LogP contribution in [0.2, 0.25) is 0 Å². The summed E-state index contributed by atoms with van der Waals surface area (Å²) in [6.07, 6.45) is 1.27. The smallest absolute Gasteiger partial charge is 0.123 e. The van der Waals surface area contributed by atoms with Crippen LogP contribution in [-0.4, -0.2) is 12.6 Å². The average molecular weight is 187 g/mol. The van der Waals surface area contributed by atoms with Gasteiger partial charge in [0.1, 0.15) is 11.9 Å². The molecule has 0 bridgehead atoms. The van der Waals surface area contributed by atoms with Crippen LogP contribution in [0.1, 0.15) is 18.1 Å². The first-order valence-corrected chi connectivity index (χ1v) is 4.78. The minimum Gasteiger partial charge on any atom is -0.490 e. The Hall–Kier alpha value is -1.46. The van der Waals surface area contributed by atoms with Crippen molar-refractivity contribution in [3.05, 3.63) is 29.3 Å². The first kappa shape index (κ1) is 9.11. The molecule has 2 rings (SSSR count). The summed E-state index contributed by atoms with van der Waals surface area (Å²) in [5.74, 6) is 6.86. The normalized spacial score (nSPS) is 18.0. The molecule has 72 valence electrons. The SMILES string of the molecule is CC1Cc2cc(C#CCN)ccc2O1. The minimum atomic E-state index is 0.294. The van der Waals surface area contributed by atoms with E-state index in [1.54, 1.807) is 0 Å². The molecule has 0 amide bonds. The van der Waals surface area contributed by atoms with E-state index in [9.17, 15) is 0 Å². The first-order chi connectivity index (χ1) is 6.79. The first-order valence-electron chi connectivity index (χ1n) is 4.78. The second-order valence-electron chi connectivity index (χ2n) is 3.46. The molecular weight excluding hydrogens is 174 g/mol. The summed E-state index contributed by atoms with van der Waals surface area (Å²) in [7, 11) is 0. The molecule has 0 aliphatic carbocycles. The van der Waals surface area contributed by atoms with Crippen molar-refractivity contribution in [1.82, 2.24) is 0 Å². The molecule has 2 heteroatoms. The van der Waals surface area contributed by atoms with Crippen LogP contribution in [0.25, 0.3) is 0 Å². The van der Waals surface area contributed by atoms with Crippen LogP contribution < -0.4 is 10.5 Å². The van der Waals surface area contributed by atoms with E-state index < -0.39 is 0 Å². The highest BCUT2D eigenvalue weighted by atomic mass is 16.5. The standard InChI is InChI=1S/C12H13NO/c1-9-7-11-8-10(3-2-6-13)4-5-12(11)14-9/h4-5,8-9H,6-7,13H2,1H3. The Bertz CT molecular complexity index is 401. The number of ether oxygens (including phenoxy) is 1. The van der Waals surface area contributed by atoms with Gasteiger partial charge in [0.15, 0.2) is 0 Å². The zero-order valence-corrected chi connectivity index (χ0v) is 8.21. The molecule has 0 saturated heterocycles. The van der Waals surface area contributed by atoms with Gasteiger partial charge in [-0.05, 0) is 30.7 Å². The minimum absolute atomic E-state index is 0.294. The number of benzene rings is 1. The molecule has 2 N–H and O–H groups in total. The van der Waals surface area contributed by atoms with Gasteiger partial charge in [-0.2, -0.15) is 0 Å². The van der Waals surface area contributed by atoms with Gasteiger partial charge < -0.3 is 10.5 Å². The zero-order valence-electron chi connectivity index (χ0n) is 8.21. The lowest BCUT2D eigenvalue weighted by Gasteiger charge is -2.01. The largest absolute Gasteiger partial charge is 0.490 e. The molecule has 1 atom stereocenters. The van der Waals surface area contributed by atoms with E-state index in [1.807, 2.05) is 12.1 Å². The van der Waals surface area contributed by atoms with E-state index in [0.29, 0.717) is 12.6 Å². The highest BCUT2D eigenvalue weighted by Gasteiger charge is 2.18. The quantitative estimate of drug-likeness (QED) is 0.622. The summed E-state index contributed by atoms with van der Waals surface area (Å²) < 4.78 is 5.59. The van der Waals surface area contributed by atoms with Crippen LogP contribution in [-0.2, 0) is 6.42 Å². The van der Waals surface area contributed by atoms with E-state index in [4.69, 9.17) is 10.5 Å². The second-order valence-corrected chi connectivity index (χ2v) is 3.46. The van der Waals surface area contributed by atoms with E-state index >= 15 is 0 Å². The van der Waals surface area contributed by atoms with Crippen molar-refractivity contribution < 1.29 is 4.74 Å². The van der Waals surface area contributed by atoms with Gasteiger partial charge in [0.2, 0.25) is 0 Å². The molecule has 0 aromatic heterocycles. The van der Waals surface area contributed by atoms with Crippen molar-refractivity contribution in [3.63, 3.8) is 0 Å². The Balaban J connectivity index is 2.28. The van der Waals surface area contributed by atoms with Crippen LogP contribution in [0, 0.1) is 11.8 Å². The molecule has 0 radical (unpaired) electrons. The third-order valence-corrected chi connectivity index (χ3v) is 2.23. The number of rotatable bonds is 0. The number of nitrogens with two attached hydrogens (primary N) is 1. The lowest BCUT2D eigenvalue weighted by atomic mass is 10.1. The molecule has 1 aromatic rings. The van der Waals surface area contributed by atoms with Gasteiger partial charge in [-0.25, -0.2) is 0 Å². The van der Waals surface area contributed by atoms with E-state index in [-0.39, 0.29) is 0 Å². The van der Waals surface area contributed by atoms with Crippen LogP contribution in [0.4, 0.5) is 0 Å². The summed E-state index contributed by atoms with van der Waals surface area (Å²) in [5, 5.41) is 0. The highest BCUT2D eigenvalue weighted by Crippen LogP contribution is 2.28. The van der Waals surface area contributed by atoms with Gasteiger partial charge in [-0.1, -0.05) is 11.8 Å². The fraction of sp³-hybridized carbons (Fsp3) is 0.333. The molecule has 1 aromatic carbocycles. The highest BCUT2D eigenvalue weighted by molar-refractivity contribution is 5.46. The fourth-order valence-corrected chi connectivity index (χ4v) is 1.65. The van der Waals surface area contributed by atoms with Crippen LogP contribution >= 0.6 is 0 Å². The van der Waals surface area contributed by atoms with Crippen molar-refractivity contribution >= 4 is 0 Å². The van der Waals surface area contributed by atoms with Crippen molar-refractivity contribution in [1.29, 1.82) is 0 Å². The predicted octanol–water partition coefficient (Wildman–Crippen LogP) is 1.32. The Morgan fingerprint density at radius 1 is 1.57 bits per heavy atom. The molecular formula is C12H13NO. The molecule has 0 spiro atoms. The Labute approximate surface area is 84.1 Å². The number of fused-ring (bicyclic) bond motifs is 1. The lowest BCUT2D eigenvalue weighted by Crippen LogP contribution is -2.05. The summed E-state index contributed by atoms with van der Waals surface area (Å²) in [5.41, 5.74) is 7.58. The maximum atomic E-state index is 5.59. The van der Waals surface area contributed by atoms with E-state index in [2.05, 4.69) is 24.8 Å². The van der Waals surface area contributed by atoms with Gasteiger partial charge >= 0.3 is 0 Å². The molecule has 1 heterocycles. The van der Waals surface area contributed by atoms with E-state index in [0.717, 1.165) is 17.7 Å². The van der Waals surface area contributed by atoms with Gasteiger partial charge in [-0.15, -0.1) is 0 Å². The zero-order chi connectivity index (χ0) is 9.97. The molecule has 1 unspecified atom stereocenters. The van der Waals surface area contributed by atoms with Crippen molar-refractivity contribution in [2.75, 3.05) is 6.54 Å². The van der Waals surface area contributed by atoms with E-state index in [1.165, 1.54) is 5.56 Å². The summed E-state index contributed by atoms with van der Waals surface area (Å²) in [6.45, 7) is 2.48. The number of hydrogen-bond donors (Lipinski definition) is 1. The molecule has 1 aliphatic heterocycles. The fourth-order valence-electron chi connectivity index (χ4n) is 1.65. The third kappa shape index (κ3) is 1.73. The summed E-state index contributed by atoms with van der Waals surface area (Å²) in [6, 6.07) is 6.04. The summed E-state index contributed by atoms with van der Waals surface area (Å²) >= 11 is 0. The summed E-state index contributed by atoms with van der Waals surface area (Å²) in [4.78, 5) is 0. The monoisotopic (exact) mass is 187 g/mol. The lowest BCUT2D eigenvalue weighted by molar-refractivity contribution is 0.254. The Morgan fingerprint density at radius 2 is 2.43 bits per heavy atom. The van der Waals surface area contributed by atoms with Crippen LogP contribution in [0.15, 0.2) is 18.2 Å². The molecule has 2 nitrogen and oxygen atoms in total. The second kappa shape index (κ2) is 3.73. The van der Waals surface area contributed by atoms with Crippen molar-refractivity contribution in [3.8, 4) is 17.6 Å². The van der Waals surface area contributed by atoms with Crippen LogP contribution in [0.5, 0.6) is 5.75 Å². The molecule has 0 fully saturated rings. The van der Waals surface area contributed by atoms with Crippen LogP contribution in [0.3, 0.4) is 0 Å². The molecule has 1 aliphatic rings. The Morgan fingerprint density at radius 3 is 3.21 bits per heavy atom. The van der Waals surface area contributed by atoms with Gasteiger partial charge in [0.05, 0.1) is 6.54 Å². The maximum Gasteiger partial charge on any atom is 0.123 e.